The van der Waals surface area contributed by atoms with Crippen LogP contribution in [0.3, 0.4) is 0 Å². The average molecular weight is 238 g/mol. The Kier molecular flexibility index (Phi) is 1.61. The molecule has 1 fully saturated rings. The van der Waals surface area contributed by atoms with Gasteiger partial charge in [-0.1, -0.05) is 0 Å². The van der Waals surface area contributed by atoms with Crippen molar-refractivity contribution in [3.05, 3.63) is 17.0 Å². The minimum absolute atomic E-state index is 0.275. The number of halogens is 5. The van der Waals surface area contributed by atoms with Gasteiger partial charge in [0.25, 0.3) is 5.92 Å². The van der Waals surface area contributed by atoms with Crippen molar-refractivity contribution in [3.8, 4) is 0 Å². The fourth-order valence-corrected chi connectivity index (χ4v) is 2.65. The van der Waals surface area contributed by atoms with E-state index in [1.165, 1.54) is 0 Å². The summed E-state index contributed by atoms with van der Waals surface area (Å²) in [5.74, 6) is -4.84. The lowest BCUT2D eigenvalue weighted by molar-refractivity contribution is -0.142. The SMILES string of the molecule is FC(F)(F)c1n[nH]c2c1[C@H]1CC[C@H]1C2(F)F. The summed E-state index contributed by atoms with van der Waals surface area (Å²) in [6, 6.07) is 0. The van der Waals surface area contributed by atoms with Crippen molar-refractivity contribution >= 4 is 0 Å². The van der Waals surface area contributed by atoms with Gasteiger partial charge in [-0.05, 0) is 18.8 Å². The maximum Gasteiger partial charge on any atom is 0.435 e. The number of hydrogen-bond acceptors (Lipinski definition) is 1. The Morgan fingerprint density at radius 3 is 2.44 bits per heavy atom. The van der Waals surface area contributed by atoms with E-state index in [4.69, 9.17) is 0 Å². The number of alkyl halides is 5. The lowest BCUT2D eigenvalue weighted by Crippen LogP contribution is -2.31. The molecule has 0 radical (unpaired) electrons. The van der Waals surface area contributed by atoms with Crippen molar-refractivity contribution in [1.82, 2.24) is 10.2 Å². The molecule has 0 unspecified atom stereocenters. The van der Waals surface area contributed by atoms with E-state index in [9.17, 15) is 22.0 Å². The topological polar surface area (TPSA) is 28.7 Å². The first-order chi connectivity index (χ1) is 7.33. The third kappa shape index (κ3) is 0.985. The fourth-order valence-electron chi connectivity index (χ4n) is 2.65. The average Bonchev–Trinajstić information content (AvgIpc) is 2.48. The van der Waals surface area contributed by atoms with Gasteiger partial charge in [-0.3, -0.25) is 5.10 Å². The Balaban J connectivity index is 2.17. The van der Waals surface area contributed by atoms with Crippen molar-refractivity contribution in [3.63, 3.8) is 0 Å². The van der Waals surface area contributed by atoms with Gasteiger partial charge in [0.1, 0.15) is 5.69 Å². The maximum absolute atomic E-state index is 13.6. The number of rotatable bonds is 0. The van der Waals surface area contributed by atoms with Crippen molar-refractivity contribution in [2.45, 2.75) is 30.9 Å². The summed E-state index contributed by atoms with van der Waals surface area (Å²) in [6.45, 7) is 0. The van der Waals surface area contributed by atoms with Crippen LogP contribution >= 0.6 is 0 Å². The molecule has 0 amide bonds. The number of fused-ring (bicyclic) bond motifs is 3. The Bertz CT molecular complexity index is 447. The first-order valence-corrected chi connectivity index (χ1v) is 4.87. The number of aromatic nitrogens is 2. The lowest BCUT2D eigenvalue weighted by Gasteiger charge is -2.34. The summed E-state index contributed by atoms with van der Waals surface area (Å²) in [4.78, 5) is 0. The molecule has 16 heavy (non-hydrogen) atoms. The van der Waals surface area contributed by atoms with Crippen LogP contribution in [0.2, 0.25) is 0 Å². The molecule has 88 valence electrons. The number of aromatic amines is 1. The van der Waals surface area contributed by atoms with Crippen LogP contribution in [-0.4, -0.2) is 10.2 Å². The third-order valence-electron chi connectivity index (χ3n) is 3.52. The molecule has 2 nitrogen and oxygen atoms in total. The highest BCUT2D eigenvalue weighted by Gasteiger charge is 2.62. The summed E-state index contributed by atoms with van der Waals surface area (Å²) >= 11 is 0. The van der Waals surface area contributed by atoms with Gasteiger partial charge in [0, 0.05) is 11.5 Å². The second kappa shape index (κ2) is 2.57. The molecule has 2 atom stereocenters. The fraction of sp³-hybridized carbons (Fsp3) is 0.667. The molecular formula is C9H7F5N2. The Hall–Kier alpha value is -1.14. The standard InChI is InChI=1S/C9H7F5N2/c10-8(11)4-2-1-3(4)5-6(8)15-16-7(5)9(12,13)14/h3-4H,1-2H2,(H,15,16)/t3-,4+/m0/s1. The first kappa shape index (κ1) is 10.0. The van der Waals surface area contributed by atoms with E-state index < -0.39 is 35.3 Å². The molecular weight excluding hydrogens is 231 g/mol. The molecule has 1 heterocycles. The molecule has 0 saturated heterocycles. The van der Waals surface area contributed by atoms with E-state index in [0.717, 1.165) is 0 Å². The molecule has 0 spiro atoms. The molecule has 2 aliphatic carbocycles. The summed E-state index contributed by atoms with van der Waals surface area (Å²) in [5.41, 5.74) is -2.12. The molecule has 0 aliphatic heterocycles. The summed E-state index contributed by atoms with van der Waals surface area (Å²) in [7, 11) is 0. The van der Waals surface area contributed by atoms with E-state index in [-0.39, 0.29) is 12.0 Å². The van der Waals surface area contributed by atoms with Crippen LogP contribution in [0, 0.1) is 5.92 Å². The van der Waals surface area contributed by atoms with E-state index in [1.807, 2.05) is 5.10 Å². The Labute approximate surface area is 86.8 Å². The molecule has 1 aromatic rings. The summed E-state index contributed by atoms with van der Waals surface area (Å²) < 4.78 is 64.8. The zero-order valence-electron chi connectivity index (χ0n) is 7.91. The number of hydrogen-bond donors (Lipinski definition) is 1. The summed E-state index contributed by atoms with van der Waals surface area (Å²) in [6.07, 6.45) is -4.00. The van der Waals surface area contributed by atoms with Crippen LogP contribution in [0.25, 0.3) is 0 Å². The van der Waals surface area contributed by atoms with Gasteiger partial charge in [0.15, 0.2) is 5.69 Å². The monoisotopic (exact) mass is 238 g/mol. The predicted octanol–water partition coefficient (Wildman–Crippen LogP) is 3.03. The Morgan fingerprint density at radius 2 is 1.94 bits per heavy atom. The predicted molar refractivity (Wildman–Crippen MR) is 42.9 cm³/mol. The zero-order valence-corrected chi connectivity index (χ0v) is 7.91. The molecule has 7 heteroatoms. The maximum atomic E-state index is 13.6. The quantitative estimate of drug-likeness (QED) is 0.691. The highest BCUT2D eigenvalue weighted by molar-refractivity contribution is 5.42. The highest BCUT2D eigenvalue weighted by atomic mass is 19.4. The number of nitrogens with zero attached hydrogens (tertiary/aromatic N) is 1. The van der Waals surface area contributed by atoms with Crippen LogP contribution in [0.15, 0.2) is 0 Å². The van der Waals surface area contributed by atoms with Gasteiger partial charge in [0.05, 0.1) is 0 Å². The van der Waals surface area contributed by atoms with Crippen molar-refractivity contribution in [1.29, 1.82) is 0 Å². The molecule has 0 aromatic carbocycles. The van der Waals surface area contributed by atoms with E-state index in [0.29, 0.717) is 6.42 Å². The normalized spacial score (nSPS) is 30.8. The van der Waals surface area contributed by atoms with Gasteiger partial charge >= 0.3 is 6.18 Å². The molecule has 1 N–H and O–H groups in total. The van der Waals surface area contributed by atoms with Crippen molar-refractivity contribution < 1.29 is 22.0 Å². The minimum Gasteiger partial charge on any atom is -0.276 e. The van der Waals surface area contributed by atoms with Crippen LogP contribution in [0.4, 0.5) is 22.0 Å². The van der Waals surface area contributed by atoms with Crippen LogP contribution in [0.5, 0.6) is 0 Å². The first-order valence-electron chi connectivity index (χ1n) is 4.87. The molecule has 1 saturated carbocycles. The van der Waals surface area contributed by atoms with Gasteiger partial charge in [-0.15, -0.1) is 0 Å². The molecule has 0 bridgehead atoms. The van der Waals surface area contributed by atoms with Crippen molar-refractivity contribution in [2.75, 3.05) is 0 Å². The van der Waals surface area contributed by atoms with Gasteiger partial charge in [-0.2, -0.15) is 27.1 Å². The minimum atomic E-state index is -4.66. The smallest absolute Gasteiger partial charge is 0.276 e. The number of nitrogens with one attached hydrogen (secondary N) is 1. The second-order valence-electron chi connectivity index (χ2n) is 4.27. The summed E-state index contributed by atoms with van der Waals surface area (Å²) in [5, 5.41) is 4.86. The lowest BCUT2D eigenvalue weighted by atomic mass is 9.73. The largest absolute Gasteiger partial charge is 0.435 e. The van der Waals surface area contributed by atoms with Crippen LogP contribution < -0.4 is 0 Å². The van der Waals surface area contributed by atoms with Gasteiger partial charge < -0.3 is 0 Å². The zero-order chi connectivity index (χ0) is 11.7. The Morgan fingerprint density at radius 1 is 1.25 bits per heavy atom. The number of H-pyrrole nitrogens is 1. The van der Waals surface area contributed by atoms with Gasteiger partial charge in [-0.25, -0.2) is 0 Å². The van der Waals surface area contributed by atoms with Gasteiger partial charge in [0.2, 0.25) is 0 Å². The van der Waals surface area contributed by atoms with Crippen LogP contribution in [-0.2, 0) is 12.1 Å². The highest BCUT2D eigenvalue weighted by Crippen LogP contribution is 2.63. The molecule has 1 aromatic heterocycles. The van der Waals surface area contributed by atoms with Crippen LogP contribution in [0.1, 0.15) is 35.7 Å². The second-order valence-corrected chi connectivity index (χ2v) is 4.27. The van der Waals surface area contributed by atoms with E-state index in [1.54, 1.807) is 0 Å². The van der Waals surface area contributed by atoms with E-state index in [2.05, 4.69) is 5.10 Å². The third-order valence-corrected chi connectivity index (χ3v) is 3.52. The molecule has 2 aliphatic rings. The molecule has 3 rings (SSSR count). The van der Waals surface area contributed by atoms with E-state index >= 15 is 0 Å². The van der Waals surface area contributed by atoms with Crippen molar-refractivity contribution in [2.24, 2.45) is 5.92 Å².